The number of aliphatic hydroxyl groups is 1. The monoisotopic (exact) mass is 270 g/mol. The second kappa shape index (κ2) is 6.30. The first kappa shape index (κ1) is 14.2. The smallest absolute Gasteiger partial charge is 0.149 e. The van der Waals surface area contributed by atoms with Gasteiger partial charge in [0.25, 0.3) is 0 Å². The van der Waals surface area contributed by atoms with Crippen LogP contribution in [0.2, 0.25) is 0 Å². The van der Waals surface area contributed by atoms with Crippen molar-refractivity contribution in [2.24, 2.45) is 0 Å². The van der Waals surface area contributed by atoms with Crippen LogP contribution >= 0.6 is 0 Å². The number of hydrogen-bond donors (Lipinski definition) is 2. The van der Waals surface area contributed by atoms with Gasteiger partial charge in [-0.1, -0.05) is 6.92 Å². The Morgan fingerprint density at radius 3 is 2.42 bits per heavy atom. The summed E-state index contributed by atoms with van der Waals surface area (Å²) in [6.45, 7) is 3.31. The summed E-state index contributed by atoms with van der Waals surface area (Å²) in [7, 11) is 0. The highest BCUT2D eigenvalue weighted by Gasteiger charge is 2.32. The minimum Gasteiger partial charge on any atom is -0.395 e. The van der Waals surface area contributed by atoms with Crippen molar-refractivity contribution in [3.8, 4) is 0 Å². The largest absolute Gasteiger partial charge is 0.395 e. The first-order valence-corrected chi connectivity index (χ1v) is 6.73. The highest BCUT2D eigenvalue weighted by atomic mass is 19.1. The summed E-state index contributed by atoms with van der Waals surface area (Å²) < 4.78 is 28.2. The average Bonchev–Trinajstić information content (AvgIpc) is 3.18. The van der Waals surface area contributed by atoms with Gasteiger partial charge in [-0.3, -0.25) is 0 Å². The van der Waals surface area contributed by atoms with E-state index in [0.29, 0.717) is 12.1 Å². The fraction of sp³-hybridized carbons (Fsp3) is 0.571. The summed E-state index contributed by atoms with van der Waals surface area (Å²) in [6, 6.07) is 2.90. The summed E-state index contributed by atoms with van der Waals surface area (Å²) in [5, 5.41) is 12.1. The zero-order valence-corrected chi connectivity index (χ0v) is 11.1. The summed E-state index contributed by atoms with van der Waals surface area (Å²) in [4.78, 5) is 1.64. The van der Waals surface area contributed by atoms with Crippen molar-refractivity contribution in [3.63, 3.8) is 0 Å². The topological polar surface area (TPSA) is 35.5 Å². The van der Waals surface area contributed by atoms with E-state index < -0.39 is 11.6 Å². The SMILES string of the molecule is CCNCc1cc(F)c(N(CCO)C2CC2)c(F)c1. The molecule has 0 bridgehead atoms. The second-order valence-corrected chi connectivity index (χ2v) is 4.84. The van der Waals surface area contributed by atoms with Crippen molar-refractivity contribution >= 4 is 5.69 Å². The number of aliphatic hydroxyl groups excluding tert-OH is 1. The maximum absolute atomic E-state index is 14.1. The van der Waals surface area contributed by atoms with Crippen LogP contribution < -0.4 is 10.2 Å². The average molecular weight is 270 g/mol. The molecule has 1 aliphatic rings. The van der Waals surface area contributed by atoms with Gasteiger partial charge < -0.3 is 15.3 Å². The van der Waals surface area contributed by atoms with Crippen LogP contribution in [0.4, 0.5) is 14.5 Å². The fourth-order valence-electron chi connectivity index (χ4n) is 2.23. The van der Waals surface area contributed by atoms with Crippen LogP contribution in [-0.4, -0.2) is 30.8 Å². The highest BCUT2D eigenvalue weighted by molar-refractivity contribution is 5.52. The number of nitrogens with one attached hydrogen (secondary N) is 1. The minimum absolute atomic E-state index is 0.00296. The van der Waals surface area contributed by atoms with E-state index in [9.17, 15) is 8.78 Å². The number of rotatable bonds is 7. The van der Waals surface area contributed by atoms with Crippen LogP contribution in [0.3, 0.4) is 0 Å². The lowest BCUT2D eigenvalue weighted by molar-refractivity contribution is 0.300. The predicted octanol–water partition coefficient (Wildman–Crippen LogP) is 2.04. The van der Waals surface area contributed by atoms with Crippen molar-refractivity contribution in [3.05, 3.63) is 29.3 Å². The Kier molecular flexibility index (Phi) is 4.71. The van der Waals surface area contributed by atoms with Gasteiger partial charge in [-0.25, -0.2) is 8.78 Å². The standard InChI is InChI=1S/C14H20F2N2O/c1-2-17-9-10-7-12(15)14(13(16)8-10)18(5-6-19)11-3-4-11/h7-8,11,17,19H,2-6,9H2,1H3. The maximum Gasteiger partial charge on any atom is 0.149 e. The Hall–Kier alpha value is -1.20. The van der Waals surface area contributed by atoms with E-state index in [0.717, 1.165) is 19.4 Å². The third kappa shape index (κ3) is 3.42. The molecule has 0 aliphatic heterocycles. The Bertz CT molecular complexity index is 412. The van der Waals surface area contributed by atoms with Gasteiger partial charge in [-0.05, 0) is 37.1 Å². The minimum atomic E-state index is -0.548. The van der Waals surface area contributed by atoms with E-state index in [1.54, 1.807) is 4.90 Å². The number of benzene rings is 1. The molecular formula is C14H20F2N2O. The summed E-state index contributed by atoms with van der Waals surface area (Å²) in [6.07, 6.45) is 1.86. The molecule has 19 heavy (non-hydrogen) atoms. The molecule has 0 heterocycles. The van der Waals surface area contributed by atoms with E-state index >= 15 is 0 Å². The van der Waals surface area contributed by atoms with Gasteiger partial charge in [0, 0.05) is 19.1 Å². The molecular weight excluding hydrogens is 250 g/mol. The van der Waals surface area contributed by atoms with E-state index in [1.807, 2.05) is 6.92 Å². The van der Waals surface area contributed by atoms with Gasteiger partial charge in [-0.2, -0.15) is 0 Å². The summed E-state index contributed by atoms with van der Waals surface area (Å²) in [5.41, 5.74) is 0.595. The van der Waals surface area contributed by atoms with E-state index in [1.165, 1.54) is 12.1 Å². The van der Waals surface area contributed by atoms with E-state index in [-0.39, 0.29) is 24.9 Å². The van der Waals surface area contributed by atoms with Gasteiger partial charge >= 0.3 is 0 Å². The molecule has 2 N–H and O–H groups in total. The quantitative estimate of drug-likeness (QED) is 0.796. The number of anilines is 1. The van der Waals surface area contributed by atoms with E-state index in [2.05, 4.69) is 5.32 Å². The maximum atomic E-state index is 14.1. The molecule has 1 aromatic carbocycles. The molecule has 0 aromatic heterocycles. The highest BCUT2D eigenvalue weighted by Crippen LogP contribution is 2.35. The Balaban J connectivity index is 2.24. The van der Waals surface area contributed by atoms with E-state index in [4.69, 9.17) is 5.11 Å². The van der Waals surface area contributed by atoms with Crippen LogP contribution in [0.5, 0.6) is 0 Å². The van der Waals surface area contributed by atoms with Crippen LogP contribution in [0.25, 0.3) is 0 Å². The van der Waals surface area contributed by atoms with Gasteiger partial charge in [0.05, 0.1) is 6.61 Å². The lowest BCUT2D eigenvalue weighted by Gasteiger charge is -2.25. The lowest BCUT2D eigenvalue weighted by Crippen LogP contribution is -2.30. The third-order valence-corrected chi connectivity index (χ3v) is 3.27. The van der Waals surface area contributed by atoms with Crippen molar-refractivity contribution in [1.29, 1.82) is 0 Å². The lowest BCUT2D eigenvalue weighted by atomic mass is 10.1. The zero-order valence-electron chi connectivity index (χ0n) is 11.1. The molecule has 0 atom stereocenters. The molecule has 3 nitrogen and oxygen atoms in total. The second-order valence-electron chi connectivity index (χ2n) is 4.84. The Morgan fingerprint density at radius 2 is 1.95 bits per heavy atom. The number of halogens is 2. The van der Waals surface area contributed by atoms with Crippen LogP contribution in [0.1, 0.15) is 25.3 Å². The van der Waals surface area contributed by atoms with Gasteiger partial charge in [0.1, 0.15) is 17.3 Å². The molecule has 0 amide bonds. The molecule has 0 unspecified atom stereocenters. The first-order valence-electron chi connectivity index (χ1n) is 6.73. The van der Waals surface area contributed by atoms with Crippen molar-refractivity contribution in [2.75, 3.05) is 24.6 Å². The molecule has 1 aliphatic carbocycles. The molecule has 5 heteroatoms. The molecule has 2 rings (SSSR count). The Labute approximate surface area is 112 Å². The van der Waals surface area contributed by atoms with Gasteiger partial charge in [0.2, 0.25) is 0 Å². The first-order chi connectivity index (χ1) is 9.17. The van der Waals surface area contributed by atoms with Crippen LogP contribution in [-0.2, 0) is 6.54 Å². The zero-order chi connectivity index (χ0) is 13.8. The molecule has 0 radical (unpaired) electrons. The summed E-state index contributed by atoms with van der Waals surface area (Å²) in [5.74, 6) is -1.10. The van der Waals surface area contributed by atoms with Crippen molar-refractivity contribution in [1.82, 2.24) is 5.32 Å². The number of nitrogens with zero attached hydrogens (tertiary/aromatic N) is 1. The normalized spacial score (nSPS) is 14.7. The van der Waals surface area contributed by atoms with Crippen LogP contribution in [0, 0.1) is 11.6 Å². The molecule has 0 spiro atoms. The predicted molar refractivity (Wildman–Crippen MR) is 71.2 cm³/mol. The molecule has 1 fully saturated rings. The third-order valence-electron chi connectivity index (χ3n) is 3.27. The van der Waals surface area contributed by atoms with Crippen LogP contribution in [0.15, 0.2) is 12.1 Å². The molecule has 106 valence electrons. The molecule has 1 saturated carbocycles. The molecule has 0 saturated heterocycles. The fourth-order valence-corrected chi connectivity index (χ4v) is 2.23. The Morgan fingerprint density at radius 1 is 1.32 bits per heavy atom. The molecule has 1 aromatic rings. The van der Waals surface area contributed by atoms with Gasteiger partial charge in [0.15, 0.2) is 0 Å². The van der Waals surface area contributed by atoms with Crippen molar-refractivity contribution < 1.29 is 13.9 Å². The van der Waals surface area contributed by atoms with Gasteiger partial charge in [-0.15, -0.1) is 0 Å². The number of hydrogen-bond acceptors (Lipinski definition) is 3. The van der Waals surface area contributed by atoms with Crippen molar-refractivity contribution in [2.45, 2.75) is 32.4 Å². The summed E-state index contributed by atoms with van der Waals surface area (Å²) >= 11 is 0.